The van der Waals surface area contributed by atoms with Crippen LogP contribution in [-0.4, -0.2) is 24.2 Å². The second-order valence-electron chi connectivity index (χ2n) is 7.58. The standard InChI is InChI=1S/C19H22N4O3S/c24-19(22-27(25,26)17-11-20-23-9-3-8-16(17)23)21-18-14-6-1-4-12(14)10-13-5-2-7-15(13)18/h10-11H,1-9H2,(H2,21,22,24). The van der Waals surface area contributed by atoms with E-state index in [-0.39, 0.29) is 4.90 Å². The lowest BCUT2D eigenvalue weighted by molar-refractivity contribution is 0.256. The zero-order chi connectivity index (χ0) is 18.6. The van der Waals surface area contributed by atoms with Crippen LogP contribution >= 0.6 is 0 Å². The number of nitrogens with zero attached hydrogens (tertiary/aromatic N) is 2. The van der Waals surface area contributed by atoms with Crippen molar-refractivity contribution in [2.45, 2.75) is 62.8 Å². The fraction of sp³-hybridized carbons (Fsp3) is 0.474. The van der Waals surface area contributed by atoms with Crippen molar-refractivity contribution in [1.82, 2.24) is 14.5 Å². The number of aryl methyl sites for hydroxylation is 3. The molecule has 0 unspecified atom stereocenters. The quantitative estimate of drug-likeness (QED) is 0.847. The van der Waals surface area contributed by atoms with Crippen molar-refractivity contribution in [2.75, 3.05) is 5.32 Å². The molecular weight excluding hydrogens is 364 g/mol. The average molecular weight is 386 g/mol. The molecule has 2 aliphatic carbocycles. The van der Waals surface area contributed by atoms with Crippen LogP contribution in [0.15, 0.2) is 17.2 Å². The van der Waals surface area contributed by atoms with Crippen molar-refractivity contribution < 1.29 is 13.2 Å². The molecule has 7 nitrogen and oxygen atoms in total. The Balaban J connectivity index is 1.42. The van der Waals surface area contributed by atoms with E-state index in [0.717, 1.165) is 57.2 Å². The Labute approximate surface area is 158 Å². The van der Waals surface area contributed by atoms with Crippen molar-refractivity contribution in [3.8, 4) is 0 Å². The van der Waals surface area contributed by atoms with Gasteiger partial charge in [-0.05, 0) is 73.6 Å². The van der Waals surface area contributed by atoms with Crippen LogP contribution in [0.4, 0.5) is 10.5 Å². The number of rotatable bonds is 3. The van der Waals surface area contributed by atoms with E-state index in [4.69, 9.17) is 0 Å². The van der Waals surface area contributed by atoms with Crippen molar-refractivity contribution in [3.63, 3.8) is 0 Å². The van der Waals surface area contributed by atoms with Crippen LogP contribution in [0.1, 0.15) is 47.2 Å². The molecule has 2 N–H and O–H groups in total. The molecule has 2 amide bonds. The first kappa shape index (κ1) is 16.8. The minimum Gasteiger partial charge on any atom is -0.307 e. The Morgan fingerprint density at radius 1 is 1.00 bits per heavy atom. The zero-order valence-electron chi connectivity index (χ0n) is 15.0. The first-order valence-electron chi connectivity index (χ1n) is 9.58. The van der Waals surface area contributed by atoms with E-state index in [2.05, 4.69) is 21.2 Å². The van der Waals surface area contributed by atoms with Gasteiger partial charge in [0.1, 0.15) is 4.90 Å². The predicted molar refractivity (Wildman–Crippen MR) is 100 cm³/mol. The van der Waals surface area contributed by atoms with Crippen molar-refractivity contribution in [2.24, 2.45) is 0 Å². The van der Waals surface area contributed by atoms with E-state index in [9.17, 15) is 13.2 Å². The Morgan fingerprint density at radius 2 is 1.70 bits per heavy atom. The summed E-state index contributed by atoms with van der Waals surface area (Å²) in [6.07, 6.45) is 8.95. The first-order valence-corrected chi connectivity index (χ1v) is 11.1. The maximum absolute atomic E-state index is 12.7. The van der Waals surface area contributed by atoms with Crippen molar-refractivity contribution in [3.05, 3.63) is 40.2 Å². The Hall–Kier alpha value is -2.35. The van der Waals surface area contributed by atoms with Crippen LogP contribution < -0.4 is 10.0 Å². The van der Waals surface area contributed by atoms with Crippen LogP contribution in [-0.2, 0) is 48.7 Å². The fourth-order valence-electron chi connectivity index (χ4n) is 4.74. The molecule has 0 atom stereocenters. The molecule has 8 heteroatoms. The second-order valence-corrected chi connectivity index (χ2v) is 9.23. The van der Waals surface area contributed by atoms with Crippen LogP contribution in [0.25, 0.3) is 0 Å². The number of anilines is 1. The Kier molecular flexibility index (Phi) is 3.79. The first-order chi connectivity index (χ1) is 13.0. The molecule has 0 bridgehead atoms. The highest BCUT2D eigenvalue weighted by molar-refractivity contribution is 7.90. The molecule has 27 heavy (non-hydrogen) atoms. The number of urea groups is 1. The number of amides is 2. The summed E-state index contributed by atoms with van der Waals surface area (Å²) in [7, 11) is -3.94. The molecule has 5 rings (SSSR count). The fourth-order valence-corrected chi connectivity index (χ4v) is 5.85. The maximum Gasteiger partial charge on any atom is 0.333 e. The summed E-state index contributed by atoms with van der Waals surface area (Å²) in [6, 6.07) is 1.59. The summed E-state index contributed by atoms with van der Waals surface area (Å²) in [4.78, 5) is 12.7. The molecule has 1 aliphatic heterocycles. The average Bonchev–Trinajstić information content (AvgIpc) is 3.37. The van der Waals surface area contributed by atoms with Gasteiger partial charge in [-0.2, -0.15) is 5.10 Å². The number of fused-ring (bicyclic) bond motifs is 3. The normalized spacial score (nSPS) is 17.5. The lowest BCUT2D eigenvalue weighted by atomic mass is 9.99. The number of aromatic nitrogens is 2. The van der Waals surface area contributed by atoms with E-state index in [1.807, 2.05) is 0 Å². The molecule has 3 aliphatic rings. The molecular formula is C19H22N4O3S. The van der Waals surface area contributed by atoms with Gasteiger partial charge >= 0.3 is 6.03 Å². The summed E-state index contributed by atoms with van der Waals surface area (Å²) in [5.74, 6) is 0. The number of carbonyl (C=O) groups excluding carboxylic acids is 1. The summed E-state index contributed by atoms with van der Waals surface area (Å²) in [5, 5.41) is 6.99. The number of hydrogen-bond donors (Lipinski definition) is 2. The minimum absolute atomic E-state index is 0.110. The molecule has 0 saturated carbocycles. The van der Waals surface area contributed by atoms with E-state index >= 15 is 0 Å². The molecule has 0 saturated heterocycles. The number of sulfonamides is 1. The third kappa shape index (κ3) is 2.74. The summed E-state index contributed by atoms with van der Waals surface area (Å²) >= 11 is 0. The summed E-state index contributed by atoms with van der Waals surface area (Å²) in [6.45, 7) is 0.722. The van der Waals surface area contributed by atoms with Crippen LogP contribution in [0.5, 0.6) is 0 Å². The highest BCUT2D eigenvalue weighted by Gasteiger charge is 2.29. The van der Waals surface area contributed by atoms with E-state index in [0.29, 0.717) is 12.1 Å². The van der Waals surface area contributed by atoms with Crippen LogP contribution in [0.3, 0.4) is 0 Å². The summed E-state index contributed by atoms with van der Waals surface area (Å²) in [5.41, 5.74) is 6.46. The molecule has 1 aromatic carbocycles. The van der Waals surface area contributed by atoms with Crippen LogP contribution in [0.2, 0.25) is 0 Å². The number of benzene rings is 1. The number of carbonyl (C=O) groups is 1. The maximum atomic E-state index is 12.7. The minimum atomic E-state index is -3.94. The van der Waals surface area contributed by atoms with Gasteiger partial charge in [-0.25, -0.2) is 17.9 Å². The predicted octanol–water partition coefficient (Wildman–Crippen LogP) is 2.32. The van der Waals surface area contributed by atoms with Gasteiger partial charge < -0.3 is 5.32 Å². The molecule has 1 aromatic heterocycles. The lowest BCUT2D eigenvalue weighted by Crippen LogP contribution is -2.35. The second kappa shape index (κ2) is 6.09. The zero-order valence-corrected chi connectivity index (χ0v) is 15.9. The molecule has 2 heterocycles. The van der Waals surface area contributed by atoms with Gasteiger partial charge in [0, 0.05) is 12.2 Å². The molecule has 142 valence electrons. The molecule has 0 radical (unpaired) electrons. The largest absolute Gasteiger partial charge is 0.333 e. The van der Waals surface area contributed by atoms with E-state index < -0.39 is 16.1 Å². The Morgan fingerprint density at radius 3 is 2.41 bits per heavy atom. The van der Waals surface area contributed by atoms with Gasteiger partial charge in [0.2, 0.25) is 0 Å². The van der Waals surface area contributed by atoms with E-state index in [1.54, 1.807) is 4.68 Å². The third-order valence-corrected chi connectivity index (χ3v) is 7.30. The van der Waals surface area contributed by atoms with Crippen molar-refractivity contribution in [1.29, 1.82) is 0 Å². The van der Waals surface area contributed by atoms with Gasteiger partial charge in [-0.3, -0.25) is 4.68 Å². The lowest BCUT2D eigenvalue weighted by Gasteiger charge is -2.16. The smallest absolute Gasteiger partial charge is 0.307 e. The highest BCUT2D eigenvalue weighted by atomic mass is 32.2. The van der Waals surface area contributed by atoms with E-state index in [1.165, 1.54) is 28.5 Å². The summed E-state index contributed by atoms with van der Waals surface area (Å²) < 4.78 is 29.3. The van der Waals surface area contributed by atoms with Gasteiger partial charge in [-0.1, -0.05) is 6.07 Å². The molecule has 2 aromatic rings. The molecule has 0 fully saturated rings. The number of hydrogen-bond acceptors (Lipinski definition) is 4. The van der Waals surface area contributed by atoms with Gasteiger partial charge in [-0.15, -0.1) is 0 Å². The highest BCUT2D eigenvalue weighted by Crippen LogP contribution is 2.38. The monoisotopic (exact) mass is 386 g/mol. The Bertz CT molecular complexity index is 1020. The SMILES string of the molecule is O=C(Nc1c2c(cc3c1CCC3)CCC2)NS(=O)(=O)c1cnn2c1CCC2. The number of nitrogens with one attached hydrogen (secondary N) is 2. The van der Waals surface area contributed by atoms with Gasteiger partial charge in [0.25, 0.3) is 10.0 Å². The van der Waals surface area contributed by atoms with Gasteiger partial charge in [0.15, 0.2) is 0 Å². The molecule has 0 spiro atoms. The third-order valence-electron chi connectivity index (χ3n) is 5.92. The van der Waals surface area contributed by atoms with Crippen molar-refractivity contribution >= 4 is 21.7 Å². The van der Waals surface area contributed by atoms with Crippen LogP contribution in [0, 0.1) is 0 Å². The van der Waals surface area contributed by atoms with Gasteiger partial charge in [0.05, 0.1) is 11.9 Å². The topological polar surface area (TPSA) is 93.1 Å².